The Hall–Kier alpha value is -2.51. The van der Waals surface area contributed by atoms with E-state index < -0.39 is 0 Å². The van der Waals surface area contributed by atoms with Crippen molar-refractivity contribution >= 4 is 50.4 Å². The molecule has 0 fully saturated rings. The number of aryl methyl sites for hydroxylation is 1. The number of aromatic nitrogens is 2. The van der Waals surface area contributed by atoms with Crippen molar-refractivity contribution in [2.24, 2.45) is 0 Å². The number of thiocarbonyl (C=S) groups is 1. The largest absolute Gasteiger partial charge is 0.332 e. The first kappa shape index (κ1) is 20.2. The summed E-state index contributed by atoms with van der Waals surface area (Å²) < 4.78 is 3.02. The van der Waals surface area contributed by atoms with Crippen LogP contribution < -0.4 is 10.6 Å². The minimum absolute atomic E-state index is 0.0195. The van der Waals surface area contributed by atoms with Gasteiger partial charge >= 0.3 is 0 Å². The maximum Gasteiger partial charge on any atom is 0.175 e. The van der Waals surface area contributed by atoms with Crippen molar-refractivity contribution in [3.05, 3.63) is 75.5 Å². The smallest absolute Gasteiger partial charge is 0.175 e. The second-order valence-corrected chi connectivity index (χ2v) is 7.76. The molecule has 144 valence electrons. The first-order chi connectivity index (χ1) is 13.3. The Morgan fingerprint density at radius 2 is 1.75 bits per heavy atom. The van der Waals surface area contributed by atoms with E-state index in [2.05, 4.69) is 37.7 Å². The molecule has 0 atom stereocenters. The molecule has 1 aromatic heterocycles. The Bertz CT molecular complexity index is 1040. The third-order valence-electron chi connectivity index (χ3n) is 4.34. The first-order valence-corrected chi connectivity index (χ1v) is 10.0. The van der Waals surface area contributed by atoms with Gasteiger partial charge < -0.3 is 10.6 Å². The summed E-state index contributed by atoms with van der Waals surface area (Å²) in [7, 11) is 0. The number of Topliss-reactive ketones (excluding diaryl/α,β-unsaturated/α-hetero) is 1. The van der Waals surface area contributed by atoms with Crippen LogP contribution in [-0.4, -0.2) is 20.7 Å². The Morgan fingerprint density at radius 1 is 1.11 bits per heavy atom. The molecule has 0 amide bonds. The lowest BCUT2D eigenvalue weighted by Gasteiger charge is -2.12. The van der Waals surface area contributed by atoms with Crippen LogP contribution in [0.1, 0.15) is 34.2 Å². The maximum atomic E-state index is 11.5. The normalized spacial score (nSPS) is 10.6. The van der Waals surface area contributed by atoms with E-state index in [1.165, 1.54) is 0 Å². The van der Waals surface area contributed by atoms with Crippen molar-refractivity contribution in [3.8, 4) is 0 Å². The average molecular weight is 457 g/mol. The Balaban J connectivity index is 1.68. The van der Waals surface area contributed by atoms with Crippen molar-refractivity contribution in [2.45, 2.75) is 27.3 Å². The van der Waals surface area contributed by atoms with Gasteiger partial charge in [-0.2, -0.15) is 5.10 Å². The second kappa shape index (κ2) is 8.67. The van der Waals surface area contributed by atoms with Crippen LogP contribution >= 0.6 is 28.1 Å². The van der Waals surface area contributed by atoms with Crippen LogP contribution in [0, 0.1) is 13.8 Å². The molecule has 2 N–H and O–H groups in total. The lowest BCUT2D eigenvalue weighted by atomic mass is 10.1. The van der Waals surface area contributed by atoms with Crippen molar-refractivity contribution < 1.29 is 4.79 Å². The van der Waals surface area contributed by atoms with Gasteiger partial charge in [-0.3, -0.25) is 9.48 Å². The molecule has 3 aromatic rings. The molecular formula is C21H21BrN4OS. The lowest BCUT2D eigenvalue weighted by molar-refractivity contribution is 0.101. The predicted molar refractivity (Wildman–Crippen MR) is 121 cm³/mol. The van der Waals surface area contributed by atoms with Crippen LogP contribution in [0.5, 0.6) is 0 Å². The maximum absolute atomic E-state index is 11.5. The molecule has 0 saturated heterocycles. The van der Waals surface area contributed by atoms with Gasteiger partial charge in [0.15, 0.2) is 10.9 Å². The molecule has 3 rings (SSSR count). The molecule has 1 heterocycles. The van der Waals surface area contributed by atoms with Crippen molar-refractivity contribution in [1.82, 2.24) is 9.78 Å². The van der Waals surface area contributed by atoms with Gasteiger partial charge in [-0.1, -0.05) is 24.3 Å². The van der Waals surface area contributed by atoms with Gasteiger partial charge in [0.05, 0.1) is 22.4 Å². The highest BCUT2D eigenvalue weighted by Gasteiger charge is 2.09. The van der Waals surface area contributed by atoms with E-state index in [0.29, 0.717) is 17.2 Å². The minimum atomic E-state index is 0.0195. The minimum Gasteiger partial charge on any atom is -0.332 e. The van der Waals surface area contributed by atoms with Crippen LogP contribution in [0.3, 0.4) is 0 Å². The molecule has 7 heteroatoms. The van der Waals surface area contributed by atoms with E-state index in [0.717, 1.165) is 32.8 Å². The zero-order valence-corrected chi connectivity index (χ0v) is 18.3. The zero-order valence-electron chi connectivity index (χ0n) is 15.9. The van der Waals surface area contributed by atoms with E-state index in [4.69, 9.17) is 12.2 Å². The number of benzene rings is 2. The van der Waals surface area contributed by atoms with E-state index >= 15 is 0 Å². The SMILES string of the molecule is CC(=O)c1cccc(NC(=S)Nc2cccc(Cn3nc(C)c(Br)c3C)c2)c1. The van der Waals surface area contributed by atoms with E-state index in [1.54, 1.807) is 19.1 Å². The summed E-state index contributed by atoms with van der Waals surface area (Å²) in [5, 5.41) is 11.3. The standard InChI is InChI=1S/C21H21BrN4OS/c1-13-20(22)14(2)26(25-13)12-16-6-4-8-18(10-16)23-21(28)24-19-9-5-7-17(11-19)15(3)27/h4-11H,12H2,1-3H3,(H2,23,24,28). The predicted octanol–water partition coefficient (Wildman–Crippen LogP) is 5.32. The van der Waals surface area contributed by atoms with Gasteiger partial charge in [0.25, 0.3) is 0 Å². The summed E-state index contributed by atoms with van der Waals surface area (Å²) >= 11 is 8.97. The van der Waals surface area contributed by atoms with Crippen LogP contribution in [0.4, 0.5) is 11.4 Å². The fourth-order valence-corrected chi connectivity index (χ4v) is 3.38. The van der Waals surface area contributed by atoms with Crippen LogP contribution in [0.15, 0.2) is 53.0 Å². The molecule has 0 aliphatic rings. The number of nitrogens with one attached hydrogen (secondary N) is 2. The Labute approximate surface area is 178 Å². The first-order valence-electron chi connectivity index (χ1n) is 8.81. The van der Waals surface area contributed by atoms with E-state index in [-0.39, 0.29) is 5.78 Å². The molecule has 0 spiro atoms. The topological polar surface area (TPSA) is 59.0 Å². The summed E-state index contributed by atoms with van der Waals surface area (Å²) in [6, 6.07) is 15.3. The molecule has 2 aromatic carbocycles. The van der Waals surface area contributed by atoms with Gasteiger partial charge in [0, 0.05) is 16.9 Å². The number of anilines is 2. The number of carbonyl (C=O) groups is 1. The summed E-state index contributed by atoms with van der Waals surface area (Å²) in [5.41, 5.74) is 5.49. The monoisotopic (exact) mass is 456 g/mol. The number of ketones is 1. The number of hydrogen-bond donors (Lipinski definition) is 2. The van der Waals surface area contributed by atoms with Crippen molar-refractivity contribution in [1.29, 1.82) is 0 Å². The molecule has 0 saturated carbocycles. The molecule has 0 radical (unpaired) electrons. The molecule has 0 aliphatic carbocycles. The van der Waals surface area contributed by atoms with Crippen LogP contribution in [-0.2, 0) is 6.54 Å². The van der Waals surface area contributed by atoms with Crippen LogP contribution in [0.2, 0.25) is 0 Å². The van der Waals surface area contributed by atoms with Gasteiger partial charge in [-0.15, -0.1) is 0 Å². The molecule has 0 unspecified atom stereocenters. The zero-order chi connectivity index (χ0) is 20.3. The highest BCUT2D eigenvalue weighted by atomic mass is 79.9. The number of hydrogen-bond acceptors (Lipinski definition) is 3. The highest BCUT2D eigenvalue weighted by Crippen LogP contribution is 2.21. The molecular weight excluding hydrogens is 436 g/mol. The molecule has 0 bridgehead atoms. The lowest BCUT2D eigenvalue weighted by Crippen LogP contribution is -2.19. The second-order valence-electron chi connectivity index (χ2n) is 6.56. The highest BCUT2D eigenvalue weighted by molar-refractivity contribution is 9.10. The number of nitrogens with zero attached hydrogens (tertiary/aromatic N) is 2. The third-order valence-corrected chi connectivity index (χ3v) is 5.69. The van der Waals surface area contributed by atoms with Gasteiger partial charge in [0.1, 0.15) is 0 Å². The Kier molecular flexibility index (Phi) is 6.26. The quantitative estimate of drug-likeness (QED) is 0.401. The van der Waals surface area contributed by atoms with Crippen molar-refractivity contribution in [2.75, 3.05) is 10.6 Å². The molecule has 0 aliphatic heterocycles. The third kappa shape index (κ3) is 4.85. The number of halogens is 1. The van der Waals surface area contributed by atoms with Gasteiger partial charge in [0.2, 0.25) is 0 Å². The van der Waals surface area contributed by atoms with E-state index in [1.807, 2.05) is 48.9 Å². The fourth-order valence-electron chi connectivity index (χ4n) is 2.86. The number of carbonyl (C=O) groups excluding carboxylic acids is 1. The average Bonchev–Trinajstić information content (AvgIpc) is 2.89. The fraction of sp³-hybridized carbons (Fsp3) is 0.190. The Morgan fingerprint density at radius 3 is 2.36 bits per heavy atom. The summed E-state index contributed by atoms with van der Waals surface area (Å²) in [5.74, 6) is 0.0195. The van der Waals surface area contributed by atoms with E-state index in [9.17, 15) is 4.79 Å². The summed E-state index contributed by atoms with van der Waals surface area (Å²) in [4.78, 5) is 11.5. The van der Waals surface area contributed by atoms with Crippen LogP contribution in [0.25, 0.3) is 0 Å². The van der Waals surface area contributed by atoms with Crippen molar-refractivity contribution in [3.63, 3.8) is 0 Å². The number of rotatable bonds is 5. The molecule has 5 nitrogen and oxygen atoms in total. The van der Waals surface area contributed by atoms with Gasteiger partial charge in [-0.25, -0.2) is 0 Å². The van der Waals surface area contributed by atoms with Gasteiger partial charge in [-0.05, 0) is 78.7 Å². The summed E-state index contributed by atoms with van der Waals surface area (Å²) in [6.45, 7) is 6.24. The molecule has 28 heavy (non-hydrogen) atoms. The summed E-state index contributed by atoms with van der Waals surface area (Å²) in [6.07, 6.45) is 0.